The minimum Gasteiger partial charge on any atom is -0.480 e. The lowest BCUT2D eigenvalue weighted by Gasteiger charge is -2.32. The topological polar surface area (TPSA) is 105 Å². The highest BCUT2D eigenvalue weighted by Gasteiger charge is 2.52. The maximum Gasteiger partial charge on any atom is 0.492 e. The molecular formula is C20H32BN3O5. The standard InChI is InChI=1S/C20H32BN3O5/c1-18(2,3)27-17(25)23-12-13(21-28-19(4,5)20(6,7)29-21)11-14-9-10-15(22)16(24-14)26-8/h9-11H,12,22H2,1-8H3,(H,23,25). The number of alkyl carbamates (subject to hydrolysis) is 1. The molecular weight excluding hydrogens is 373 g/mol. The molecule has 2 rings (SSSR count). The van der Waals surface area contributed by atoms with Crippen LogP contribution in [-0.2, 0) is 14.0 Å². The fraction of sp³-hybridized carbons (Fsp3) is 0.600. The number of carbonyl (C=O) groups excluding carboxylic acids is 1. The average Bonchev–Trinajstić information content (AvgIpc) is 2.79. The van der Waals surface area contributed by atoms with Crippen molar-refractivity contribution < 1.29 is 23.6 Å². The Morgan fingerprint density at radius 2 is 1.83 bits per heavy atom. The van der Waals surface area contributed by atoms with Gasteiger partial charge in [-0.1, -0.05) is 0 Å². The second-order valence-corrected chi connectivity index (χ2v) is 9.00. The molecule has 0 bridgehead atoms. The van der Waals surface area contributed by atoms with Crippen LogP contribution in [0.3, 0.4) is 0 Å². The number of nitrogens with zero attached hydrogens (tertiary/aromatic N) is 1. The van der Waals surface area contributed by atoms with E-state index >= 15 is 0 Å². The number of amides is 1. The quantitative estimate of drug-likeness (QED) is 0.725. The van der Waals surface area contributed by atoms with Crippen LogP contribution in [0.4, 0.5) is 10.5 Å². The summed E-state index contributed by atoms with van der Waals surface area (Å²) in [5, 5.41) is 2.76. The number of hydrogen-bond acceptors (Lipinski definition) is 7. The smallest absolute Gasteiger partial charge is 0.480 e. The minimum atomic E-state index is -0.653. The van der Waals surface area contributed by atoms with E-state index in [1.54, 1.807) is 18.2 Å². The number of methoxy groups -OCH3 is 1. The number of aromatic nitrogens is 1. The molecule has 8 nitrogen and oxygen atoms in total. The monoisotopic (exact) mass is 405 g/mol. The highest BCUT2D eigenvalue weighted by atomic mass is 16.7. The van der Waals surface area contributed by atoms with Crippen molar-refractivity contribution in [1.82, 2.24) is 10.3 Å². The largest absolute Gasteiger partial charge is 0.492 e. The van der Waals surface area contributed by atoms with Gasteiger partial charge in [0, 0.05) is 6.54 Å². The minimum absolute atomic E-state index is 0.167. The molecule has 0 spiro atoms. The Hall–Kier alpha value is -2.26. The van der Waals surface area contributed by atoms with Crippen molar-refractivity contribution in [3.05, 3.63) is 23.3 Å². The van der Waals surface area contributed by atoms with E-state index in [4.69, 9.17) is 24.5 Å². The fourth-order valence-electron chi connectivity index (χ4n) is 2.58. The van der Waals surface area contributed by atoms with Gasteiger partial charge in [-0.25, -0.2) is 9.78 Å². The zero-order chi connectivity index (χ0) is 22.0. The van der Waals surface area contributed by atoms with Crippen LogP contribution in [-0.4, -0.2) is 48.7 Å². The summed E-state index contributed by atoms with van der Waals surface area (Å²) in [6.07, 6.45) is 1.27. The van der Waals surface area contributed by atoms with Crippen LogP contribution in [0.5, 0.6) is 5.88 Å². The first-order valence-corrected chi connectivity index (χ1v) is 9.57. The van der Waals surface area contributed by atoms with Gasteiger partial charge >= 0.3 is 13.2 Å². The molecule has 1 aliphatic heterocycles. The van der Waals surface area contributed by atoms with Crippen LogP contribution in [0, 0.1) is 0 Å². The van der Waals surface area contributed by atoms with E-state index in [1.165, 1.54) is 7.11 Å². The van der Waals surface area contributed by atoms with Crippen LogP contribution in [0.15, 0.2) is 17.6 Å². The van der Waals surface area contributed by atoms with Gasteiger partial charge in [-0.3, -0.25) is 0 Å². The Balaban J connectivity index is 2.30. The average molecular weight is 405 g/mol. The molecule has 1 saturated heterocycles. The summed E-state index contributed by atoms with van der Waals surface area (Å²) in [5.41, 5.74) is 5.95. The van der Waals surface area contributed by atoms with Crippen molar-refractivity contribution in [3.8, 4) is 5.88 Å². The summed E-state index contributed by atoms with van der Waals surface area (Å²) in [7, 11) is 0.853. The maximum atomic E-state index is 12.1. The molecule has 0 radical (unpaired) electrons. The number of rotatable bonds is 5. The van der Waals surface area contributed by atoms with Gasteiger partial charge in [0.1, 0.15) is 5.60 Å². The van der Waals surface area contributed by atoms with Crippen molar-refractivity contribution >= 4 is 25.0 Å². The van der Waals surface area contributed by atoms with E-state index < -0.39 is 30.0 Å². The van der Waals surface area contributed by atoms with E-state index in [0.29, 0.717) is 22.7 Å². The molecule has 1 aromatic rings. The molecule has 2 heterocycles. The first-order valence-electron chi connectivity index (χ1n) is 9.57. The third kappa shape index (κ3) is 5.87. The third-order valence-corrected chi connectivity index (χ3v) is 4.83. The third-order valence-electron chi connectivity index (χ3n) is 4.83. The van der Waals surface area contributed by atoms with E-state index in [-0.39, 0.29) is 6.54 Å². The Bertz CT molecular complexity index is 771. The molecule has 0 aliphatic carbocycles. The summed E-state index contributed by atoms with van der Waals surface area (Å²) < 4.78 is 22.8. The number of hydrogen-bond donors (Lipinski definition) is 2. The van der Waals surface area contributed by atoms with Crippen LogP contribution in [0.1, 0.15) is 54.2 Å². The highest BCUT2D eigenvalue weighted by Crippen LogP contribution is 2.38. The van der Waals surface area contributed by atoms with Crippen LogP contribution >= 0.6 is 0 Å². The molecule has 1 aliphatic rings. The number of ether oxygens (including phenoxy) is 2. The molecule has 3 N–H and O–H groups in total. The summed E-state index contributed by atoms with van der Waals surface area (Å²) in [6.45, 7) is 13.5. The molecule has 0 atom stereocenters. The molecule has 29 heavy (non-hydrogen) atoms. The Morgan fingerprint density at radius 3 is 2.34 bits per heavy atom. The first kappa shape index (κ1) is 23.0. The lowest BCUT2D eigenvalue weighted by atomic mass is 9.77. The fourth-order valence-corrected chi connectivity index (χ4v) is 2.58. The zero-order valence-electron chi connectivity index (χ0n) is 18.6. The number of nitrogen functional groups attached to an aromatic ring is 1. The first-order chi connectivity index (χ1) is 13.2. The molecule has 1 amide bonds. The van der Waals surface area contributed by atoms with Gasteiger partial charge in [-0.05, 0) is 72.1 Å². The van der Waals surface area contributed by atoms with Gasteiger partial charge in [0.25, 0.3) is 0 Å². The van der Waals surface area contributed by atoms with Gasteiger partial charge in [-0.2, -0.15) is 0 Å². The van der Waals surface area contributed by atoms with Gasteiger partial charge in [0.05, 0.1) is 29.7 Å². The highest BCUT2D eigenvalue weighted by molar-refractivity contribution is 6.56. The van der Waals surface area contributed by atoms with Crippen molar-refractivity contribution in [2.45, 2.75) is 65.3 Å². The Morgan fingerprint density at radius 1 is 1.24 bits per heavy atom. The van der Waals surface area contributed by atoms with Gasteiger partial charge in [0.15, 0.2) is 0 Å². The van der Waals surface area contributed by atoms with Gasteiger partial charge in [0.2, 0.25) is 5.88 Å². The lowest BCUT2D eigenvalue weighted by molar-refractivity contribution is 0.00578. The predicted molar refractivity (Wildman–Crippen MR) is 113 cm³/mol. The summed E-state index contributed by atoms with van der Waals surface area (Å²) in [5.74, 6) is 0.326. The van der Waals surface area contributed by atoms with Crippen LogP contribution < -0.4 is 15.8 Å². The number of anilines is 1. The number of pyridine rings is 1. The molecule has 0 aromatic carbocycles. The molecule has 0 saturated carbocycles. The van der Waals surface area contributed by atoms with Crippen molar-refractivity contribution in [2.24, 2.45) is 0 Å². The second-order valence-electron chi connectivity index (χ2n) is 9.00. The number of nitrogens with one attached hydrogen (secondary N) is 1. The molecule has 0 unspecified atom stereocenters. The predicted octanol–water partition coefficient (Wildman–Crippen LogP) is 3.21. The van der Waals surface area contributed by atoms with Crippen LogP contribution in [0.25, 0.3) is 6.08 Å². The van der Waals surface area contributed by atoms with E-state index in [2.05, 4.69) is 10.3 Å². The van der Waals surface area contributed by atoms with Gasteiger partial charge in [-0.15, -0.1) is 0 Å². The molecule has 1 aromatic heterocycles. The SMILES string of the molecule is COc1nc(C=C(CNC(=O)OC(C)(C)C)B2OC(C)(C)C(C)(C)O2)ccc1N. The Kier molecular flexibility index (Phi) is 6.54. The van der Waals surface area contributed by atoms with Crippen molar-refractivity contribution in [1.29, 1.82) is 0 Å². The summed E-state index contributed by atoms with van der Waals surface area (Å²) >= 11 is 0. The summed E-state index contributed by atoms with van der Waals surface area (Å²) in [6, 6.07) is 3.47. The van der Waals surface area contributed by atoms with Gasteiger partial charge < -0.3 is 29.8 Å². The number of nitrogens with two attached hydrogens (primary N) is 1. The number of carbonyl (C=O) groups is 1. The molecule has 1 fully saturated rings. The van der Waals surface area contributed by atoms with E-state index in [9.17, 15) is 4.79 Å². The van der Waals surface area contributed by atoms with Crippen LogP contribution in [0.2, 0.25) is 0 Å². The molecule has 160 valence electrons. The molecule has 9 heteroatoms. The van der Waals surface area contributed by atoms with E-state index in [1.807, 2.05) is 48.5 Å². The Labute approximate surface area is 173 Å². The van der Waals surface area contributed by atoms with Crippen molar-refractivity contribution in [3.63, 3.8) is 0 Å². The van der Waals surface area contributed by atoms with E-state index in [0.717, 1.165) is 0 Å². The maximum absolute atomic E-state index is 12.1. The normalized spacial score (nSPS) is 18.5. The van der Waals surface area contributed by atoms with Crippen molar-refractivity contribution in [2.75, 3.05) is 19.4 Å². The second kappa shape index (κ2) is 8.24. The zero-order valence-corrected chi connectivity index (χ0v) is 18.6. The summed E-state index contributed by atoms with van der Waals surface area (Å²) in [4.78, 5) is 16.5. The lowest BCUT2D eigenvalue weighted by Crippen LogP contribution is -2.41.